The molecule has 0 aromatic carbocycles. The van der Waals surface area contributed by atoms with E-state index in [1.54, 1.807) is 0 Å². The Balaban J connectivity index is 2.02. The van der Waals surface area contributed by atoms with Gasteiger partial charge in [-0.25, -0.2) is 0 Å². The summed E-state index contributed by atoms with van der Waals surface area (Å²) in [5.74, 6) is 0.184. The van der Waals surface area contributed by atoms with Crippen molar-refractivity contribution in [2.45, 2.75) is 39.7 Å². The van der Waals surface area contributed by atoms with E-state index in [1.807, 2.05) is 9.58 Å². The number of aromatic nitrogens is 2. The molecule has 1 fully saturated rings. The Bertz CT molecular complexity index is 419. The smallest absolute Gasteiger partial charge is 0.244 e. The zero-order chi connectivity index (χ0) is 13.7. The maximum Gasteiger partial charge on any atom is 0.244 e. The van der Waals surface area contributed by atoms with Crippen molar-refractivity contribution in [3.8, 4) is 0 Å². The molecule has 2 heterocycles. The van der Waals surface area contributed by atoms with Crippen LogP contribution in [0.2, 0.25) is 0 Å². The van der Waals surface area contributed by atoms with Crippen molar-refractivity contribution in [2.24, 2.45) is 0 Å². The van der Waals surface area contributed by atoms with Crippen molar-refractivity contribution in [3.63, 3.8) is 0 Å². The second-order valence-electron chi connectivity index (χ2n) is 4.98. The van der Waals surface area contributed by atoms with Gasteiger partial charge in [0.15, 0.2) is 0 Å². The molecule has 1 N–H and O–H groups in total. The average Bonchev–Trinajstić information content (AvgIpc) is 2.64. The third-order valence-electron chi connectivity index (χ3n) is 3.62. The second-order valence-corrected chi connectivity index (χ2v) is 4.98. The molecule has 5 nitrogen and oxygen atoms in total. The summed E-state index contributed by atoms with van der Waals surface area (Å²) < 4.78 is 1.87. The summed E-state index contributed by atoms with van der Waals surface area (Å²) in [6.07, 6.45) is 2.87. The third kappa shape index (κ3) is 3.56. The van der Waals surface area contributed by atoms with Gasteiger partial charge in [-0.3, -0.25) is 9.48 Å². The molecule has 5 heteroatoms. The minimum Gasteiger partial charge on any atom is -0.340 e. The van der Waals surface area contributed by atoms with E-state index in [-0.39, 0.29) is 5.91 Å². The van der Waals surface area contributed by atoms with Crippen molar-refractivity contribution < 1.29 is 4.79 Å². The van der Waals surface area contributed by atoms with Crippen LogP contribution in [0.3, 0.4) is 0 Å². The van der Waals surface area contributed by atoms with Crippen molar-refractivity contribution >= 4 is 5.91 Å². The highest BCUT2D eigenvalue weighted by Gasteiger charge is 2.17. The first-order valence-electron chi connectivity index (χ1n) is 7.28. The minimum absolute atomic E-state index is 0.184. The van der Waals surface area contributed by atoms with Gasteiger partial charge >= 0.3 is 0 Å². The molecule has 0 atom stereocenters. The molecule has 1 aromatic rings. The molecule has 0 bridgehead atoms. The molecule has 106 valence electrons. The molecule has 0 unspecified atom stereocenters. The summed E-state index contributed by atoms with van der Waals surface area (Å²) in [6.45, 7) is 8.14. The van der Waals surface area contributed by atoms with Gasteiger partial charge in [-0.15, -0.1) is 0 Å². The Kier molecular flexibility index (Phi) is 4.96. The van der Waals surface area contributed by atoms with Crippen LogP contribution < -0.4 is 5.32 Å². The van der Waals surface area contributed by atoms with Gasteiger partial charge in [0.05, 0.1) is 5.69 Å². The Morgan fingerprint density at radius 3 is 2.89 bits per heavy atom. The van der Waals surface area contributed by atoms with Gasteiger partial charge in [-0.2, -0.15) is 5.10 Å². The number of rotatable bonds is 4. The van der Waals surface area contributed by atoms with Crippen LogP contribution in [0.5, 0.6) is 0 Å². The lowest BCUT2D eigenvalue weighted by molar-refractivity contribution is -0.131. The first kappa shape index (κ1) is 14.1. The fourth-order valence-electron chi connectivity index (χ4n) is 2.43. The van der Waals surface area contributed by atoms with E-state index in [1.165, 1.54) is 0 Å². The van der Waals surface area contributed by atoms with Gasteiger partial charge in [0.25, 0.3) is 0 Å². The lowest BCUT2D eigenvalue weighted by Gasteiger charge is -2.20. The Morgan fingerprint density at radius 1 is 1.32 bits per heavy atom. The third-order valence-corrected chi connectivity index (χ3v) is 3.62. The summed E-state index contributed by atoms with van der Waals surface area (Å²) in [6, 6.07) is 2.11. The van der Waals surface area contributed by atoms with Crippen molar-refractivity contribution in [2.75, 3.05) is 26.2 Å². The molecule has 1 saturated heterocycles. The molecule has 1 aliphatic heterocycles. The standard InChI is InChI=1S/C14H24N4O/c1-3-12-10-13(4-2)18(16-12)11-14(19)17-8-5-6-15-7-9-17/h10,15H,3-9,11H2,1-2H3. The molecular formula is C14H24N4O. The summed E-state index contributed by atoms with van der Waals surface area (Å²) in [5, 5.41) is 7.83. The van der Waals surface area contributed by atoms with E-state index in [0.29, 0.717) is 6.54 Å². The zero-order valence-corrected chi connectivity index (χ0v) is 12.0. The van der Waals surface area contributed by atoms with Crippen LogP contribution in [0.1, 0.15) is 31.7 Å². The number of nitrogens with zero attached hydrogens (tertiary/aromatic N) is 3. The van der Waals surface area contributed by atoms with E-state index >= 15 is 0 Å². The molecule has 0 aliphatic carbocycles. The molecule has 2 rings (SSSR count). The van der Waals surface area contributed by atoms with Gasteiger partial charge in [0.1, 0.15) is 6.54 Å². The largest absolute Gasteiger partial charge is 0.340 e. The molecule has 1 amide bonds. The van der Waals surface area contributed by atoms with Gasteiger partial charge < -0.3 is 10.2 Å². The SMILES string of the molecule is CCc1cc(CC)n(CC(=O)N2CCCNCC2)n1. The summed E-state index contributed by atoms with van der Waals surface area (Å²) in [5.41, 5.74) is 2.22. The van der Waals surface area contributed by atoms with Crippen molar-refractivity contribution in [1.29, 1.82) is 0 Å². The van der Waals surface area contributed by atoms with Gasteiger partial charge in [0, 0.05) is 25.3 Å². The number of aryl methyl sites for hydroxylation is 2. The monoisotopic (exact) mass is 264 g/mol. The number of hydrogen-bond acceptors (Lipinski definition) is 3. The summed E-state index contributed by atoms with van der Waals surface area (Å²) >= 11 is 0. The quantitative estimate of drug-likeness (QED) is 0.876. The van der Waals surface area contributed by atoms with Gasteiger partial charge in [-0.05, 0) is 31.9 Å². The fourth-order valence-corrected chi connectivity index (χ4v) is 2.43. The van der Waals surface area contributed by atoms with E-state index in [2.05, 4.69) is 30.3 Å². The van der Waals surface area contributed by atoms with Crippen LogP contribution in [0.25, 0.3) is 0 Å². The van der Waals surface area contributed by atoms with E-state index in [9.17, 15) is 4.79 Å². The lowest BCUT2D eigenvalue weighted by atomic mass is 10.2. The Hall–Kier alpha value is -1.36. The second kappa shape index (κ2) is 6.70. The maximum absolute atomic E-state index is 12.3. The Labute approximate surface area is 115 Å². The van der Waals surface area contributed by atoms with Gasteiger partial charge in [0.2, 0.25) is 5.91 Å². The molecule has 0 saturated carbocycles. The van der Waals surface area contributed by atoms with Crippen molar-refractivity contribution in [3.05, 3.63) is 17.5 Å². The number of hydrogen-bond donors (Lipinski definition) is 1. The average molecular weight is 264 g/mol. The van der Waals surface area contributed by atoms with Crippen molar-refractivity contribution in [1.82, 2.24) is 20.0 Å². The van der Waals surface area contributed by atoms with Crippen LogP contribution in [-0.4, -0.2) is 46.8 Å². The summed E-state index contributed by atoms with van der Waals surface area (Å²) in [4.78, 5) is 14.3. The highest BCUT2D eigenvalue weighted by molar-refractivity contribution is 5.76. The number of carbonyl (C=O) groups is 1. The topological polar surface area (TPSA) is 50.2 Å². The first-order valence-corrected chi connectivity index (χ1v) is 7.28. The normalized spacial score (nSPS) is 16.4. The highest BCUT2D eigenvalue weighted by Crippen LogP contribution is 2.07. The number of carbonyl (C=O) groups excluding carboxylic acids is 1. The van der Waals surface area contributed by atoms with Crippen LogP contribution in [0.15, 0.2) is 6.07 Å². The number of amides is 1. The van der Waals surface area contributed by atoms with E-state index in [4.69, 9.17) is 0 Å². The Morgan fingerprint density at radius 2 is 2.16 bits per heavy atom. The lowest BCUT2D eigenvalue weighted by Crippen LogP contribution is -2.37. The highest BCUT2D eigenvalue weighted by atomic mass is 16.2. The molecule has 1 aromatic heterocycles. The minimum atomic E-state index is 0.184. The van der Waals surface area contributed by atoms with Crippen LogP contribution in [0.4, 0.5) is 0 Å². The number of nitrogens with one attached hydrogen (secondary N) is 1. The zero-order valence-electron chi connectivity index (χ0n) is 12.0. The molecule has 19 heavy (non-hydrogen) atoms. The van der Waals surface area contributed by atoms with E-state index in [0.717, 1.165) is 56.8 Å². The predicted molar refractivity (Wildman–Crippen MR) is 75.0 cm³/mol. The fraction of sp³-hybridized carbons (Fsp3) is 0.714. The van der Waals surface area contributed by atoms with Crippen LogP contribution >= 0.6 is 0 Å². The van der Waals surface area contributed by atoms with Crippen LogP contribution in [-0.2, 0) is 24.2 Å². The molecule has 1 aliphatic rings. The molecular weight excluding hydrogens is 240 g/mol. The van der Waals surface area contributed by atoms with Gasteiger partial charge in [-0.1, -0.05) is 13.8 Å². The maximum atomic E-state index is 12.3. The first-order chi connectivity index (χ1) is 9.24. The molecule has 0 spiro atoms. The predicted octanol–water partition coefficient (Wildman–Crippen LogP) is 0.830. The summed E-state index contributed by atoms with van der Waals surface area (Å²) in [7, 11) is 0. The van der Waals surface area contributed by atoms with Crippen LogP contribution in [0, 0.1) is 0 Å². The molecule has 0 radical (unpaired) electrons. The van der Waals surface area contributed by atoms with E-state index < -0.39 is 0 Å².